The number of hydrogen-bond donors (Lipinski definition) is 1. The third-order valence-corrected chi connectivity index (χ3v) is 5.40. The Bertz CT molecular complexity index is 1010. The van der Waals surface area contributed by atoms with E-state index in [1.54, 1.807) is 35.8 Å². The minimum atomic E-state index is 0.0630. The number of thiazole rings is 1. The van der Waals surface area contributed by atoms with E-state index in [0.29, 0.717) is 10.8 Å². The number of rotatable bonds is 5. The molecule has 0 radical (unpaired) electrons. The number of methoxy groups -OCH3 is 1. The second kappa shape index (κ2) is 8.33. The van der Waals surface area contributed by atoms with Gasteiger partial charge in [-0.05, 0) is 49.7 Å². The van der Waals surface area contributed by atoms with Crippen LogP contribution in [0.4, 0.5) is 0 Å². The van der Waals surface area contributed by atoms with Crippen LogP contribution in [-0.4, -0.2) is 29.1 Å². The highest BCUT2D eigenvalue weighted by atomic mass is 35.5. The lowest BCUT2D eigenvalue weighted by molar-refractivity contribution is 0.373. The van der Waals surface area contributed by atoms with Gasteiger partial charge in [-0.15, -0.1) is 11.3 Å². The normalized spacial score (nSPS) is 11.9. The number of phenolic OH excluding ortho intramolecular Hbond substituents is 1. The van der Waals surface area contributed by atoms with Crippen molar-refractivity contribution in [3.63, 3.8) is 0 Å². The minimum absolute atomic E-state index is 0.0630. The van der Waals surface area contributed by atoms with E-state index in [2.05, 4.69) is 15.2 Å². The number of benzene rings is 2. The summed E-state index contributed by atoms with van der Waals surface area (Å²) in [5.41, 5.74) is 3.43. The summed E-state index contributed by atoms with van der Waals surface area (Å²) in [6.45, 7) is 3.85. The van der Waals surface area contributed by atoms with E-state index in [1.165, 1.54) is 7.11 Å². The topological polar surface area (TPSA) is 67.1 Å². The quantitative estimate of drug-likeness (QED) is 0.465. The highest BCUT2D eigenvalue weighted by Crippen LogP contribution is 2.29. The van der Waals surface area contributed by atoms with E-state index in [9.17, 15) is 5.11 Å². The average molecular weight is 400 g/mol. The van der Waals surface area contributed by atoms with Gasteiger partial charge in [-0.3, -0.25) is 0 Å². The van der Waals surface area contributed by atoms with E-state index in [0.717, 1.165) is 32.4 Å². The van der Waals surface area contributed by atoms with Crippen LogP contribution in [0.5, 0.6) is 11.5 Å². The molecule has 0 aliphatic heterocycles. The van der Waals surface area contributed by atoms with Crippen molar-refractivity contribution in [2.24, 2.45) is 10.2 Å². The summed E-state index contributed by atoms with van der Waals surface area (Å²) < 4.78 is 5.02. The van der Waals surface area contributed by atoms with Crippen LogP contribution in [-0.2, 0) is 0 Å². The van der Waals surface area contributed by atoms with Gasteiger partial charge in [-0.25, -0.2) is 4.98 Å². The van der Waals surface area contributed by atoms with Crippen LogP contribution < -0.4 is 4.74 Å². The Kier molecular flexibility index (Phi) is 5.88. The molecule has 138 valence electrons. The van der Waals surface area contributed by atoms with Crippen LogP contribution in [0.1, 0.15) is 23.1 Å². The zero-order chi connectivity index (χ0) is 19.4. The van der Waals surface area contributed by atoms with Crippen molar-refractivity contribution in [1.29, 1.82) is 0 Å². The fraction of sp³-hybridized carbons (Fsp3) is 0.150. The molecule has 0 amide bonds. The van der Waals surface area contributed by atoms with Gasteiger partial charge in [0, 0.05) is 10.6 Å². The van der Waals surface area contributed by atoms with Gasteiger partial charge >= 0.3 is 0 Å². The maximum atomic E-state index is 9.81. The minimum Gasteiger partial charge on any atom is -0.504 e. The van der Waals surface area contributed by atoms with Crippen LogP contribution in [0.25, 0.3) is 10.6 Å². The van der Waals surface area contributed by atoms with Crippen molar-refractivity contribution in [3.8, 4) is 22.1 Å². The first kappa shape index (κ1) is 19.1. The zero-order valence-corrected chi connectivity index (χ0v) is 16.7. The molecule has 1 N–H and O–H groups in total. The molecule has 0 aliphatic rings. The standard InChI is InChI=1S/C20H18ClN3O2S/c1-12-19(27-20(23-12)15-5-7-16(21)8-6-15)13(2)24-22-11-14-4-9-18(26-3)17(25)10-14/h4-11,25H,1-3H3. The summed E-state index contributed by atoms with van der Waals surface area (Å²) in [5.74, 6) is 0.481. The zero-order valence-electron chi connectivity index (χ0n) is 15.1. The Morgan fingerprint density at radius 2 is 1.96 bits per heavy atom. The Hall–Kier alpha value is -2.70. The molecular weight excluding hydrogens is 382 g/mol. The molecule has 0 saturated carbocycles. The van der Waals surface area contributed by atoms with E-state index in [-0.39, 0.29) is 5.75 Å². The summed E-state index contributed by atoms with van der Waals surface area (Å²) in [5, 5.41) is 19.8. The molecule has 3 rings (SSSR count). The SMILES string of the molecule is COc1ccc(C=NN=C(C)c2sc(-c3ccc(Cl)cc3)nc2C)cc1O. The maximum Gasteiger partial charge on any atom is 0.160 e. The summed E-state index contributed by atoms with van der Waals surface area (Å²) in [7, 11) is 1.51. The lowest BCUT2D eigenvalue weighted by Gasteiger charge is -2.02. The van der Waals surface area contributed by atoms with Gasteiger partial charge in [-0.1, -0.05) is 23.7 Å². The Morgan fingerprint density at radius 3 is 2.63 bits per heavy atom. The molecule has 0 aliphatic carbocycles. The fourth-order valence-corrected chi connectivity index (χ4v) is 3.60. The summed E-state index contributed by atoms with van der Waals surface area (Å²) in [6.07, 6.45) is 1.58. The first-order valence-electron chi connectivity index (χ1n) is 8.16. The highest BCUT2D eigenvalue weighted by molar-refractivity contribution is 7.17. The van der Waals surface area contributed by atoms with Crippen molar-refractivity contribution in [2.45, 2.75) is 13.8 Å². The second-order valence-corrected chi connectivity index (χ2v) is 7.24. The van der Waals surface area contributed by atoms with Crippen LogP contribution in [0.2, 0.25) is 5.02 Å². The number of halogens is 1. The molecule has 1 aromatic heterocycles. The van der Waals surface area contributed by atoms with Gasteiger partial charge in [-0.2, -0.15) is 10.2 Å². The number of phenols is 1. The summed E-state index contributed by atoms with van der Waals surface area (Å²) in [4.78, 5) is 5.61. The molecule has 3 aromatic rings. The smallest absolute Gasteiger partial charge is 0.160 e. The number of aromatic nitrogens is 1. The molecule has 27 heavy (non-hydrogen) atoms. The number of ether oxygens (including phenoxy) is 1. The van der Waals surface area contributed by atoms with Crippen molar-refractivity contribution < 1.29 is 9.84 Å². The number of hydrogen-bond acceptors (Lipinski definition) is 6. The lowest BCUT2D eigenvalue weighted by Crippen LogP contribution is -1.93. The second-order valence-electron chi connectivity index (χ2n) is 5.80. The van der Waals surface area contributed by atoms with Crippen molar-refractivity contribution in [3.05, 3.63) is 63.6 Å². The monoisotopic (exact) mass is 399 g/mol. The summed E-state index contributed by atoms with van der Waals surface area (Å²) >= 11 is 7.51. The average Bonchev–Trinajstić information content (AvgIpc) is 3.04. The number of aryl methyl sites for hydroxylation is 1. The third-order valence-electron chi connectivity index (χ3n) is 3.83. The molecule has 0 spiro atoms. The van der Waals surface area contributed by atoms with Crippen molar-refractivity contribution in [1.82, 2.24) is 4.98 Å². The van der Waals surface area contributed by atoms with Gasteiger partial charge in [0.05, 0.1) is 29.6 Å². The predicted molar refractivity (Wildman–Crippen MR) is 112 cm³/mol. The molecule has 5 nitrogen and oxygen atoms in total. The first-order valence-corrected chi connectivity index (χ1v) is 9.35. The molecule has 0 fully saturated rings. The molecule has 2 aromatic carbocycles. The molecule has 1 heterocycles. The van der Waals surface area contributed by atoms with Gasteiger partial charge in [0.2, 0.25) is 0 Å². The van der Waals surface area contributed by atoms with Crippen LogP contribution in [0.15, 0.2) is 52.7 Å². The predicted octanol–water partition coefficient (Wildman–Crippen LogP) is 5.33. The van der Waals surface area contributed by atoms with Gasteiger partial charge in [0.25, 0.3) is 0 Å². The molecular formula is C20H18ClN3O2S. The maximum absolute atomic E-state index is 9.81. The molecule has 0 unspecified atom stereocenters. The van der Waals surface area contributed by atoms with E-state index < -0.39 is 0 Å². The van der Waals surface area contributed by atoms with Crippen LogP contribution in [0.3, 0.4) is 0 Å². The van der Waals surface area contributed by atoms with E-state index in [1.807, 2.05) is 38.1 Å². The Morgan fingerprint density at radius 1 is 1.22 bits per heavy atom. The first-order chi connectivity index (χ1) is 13.0. The molecule has 0 bridgehead atoms. The van der Waals surface area contributed by atoms with Crippen molar-refractivity contribution >= 4 is 34.9 Å². The number of nitrogens with zero attached hydrogens (tertiary/aromatic N) is 3. The lowest BCUT2D eigenvalue weighted by atomic mass is 10.2. The van der Waals surface area contributed by atoms with E-state index in [4.69, 9.17) is 16.3 Å². The van der Waals surface area contributed by atoms with Crippen LogP contribution >= 0.6 is 22.9 Å². The molecule has 0 saturated heterocycles. The largest absolute Gasteiger partial charge is 0.504 e. The van der Waals surface area contributed by atoms with Gasteiger partial charge in [0.1, 0.15) is 5.01 Å². The third kappa shape index (κ3) is 4.53. The fourth-order valence-electron chi connectivity index (χ4n) is 2.46. The van der Waals surface area contributed by atoms with Crippen LogP contribution in [0, 0.1) is 6.92 Å². The highest BCUT2D eigenvalue weighted by Gasteiger charge is 2.12. The number of aromatic hydroxyl groups is 1. The van der Waals surface area contributed by atoms with Gasteiger partial charge in [0.15, 0.2) is 11.5 Å². The van der Waals surface area contributed by atoms with E-state index >= 15 is 0 Å². The van der Waals surface area contributed by atoms with Crippen molar-refractivity contribution in [2.75, 3.05) is 7.11 Å². The van der Waals surface area contributed by atoms with Gasteiger partial charge < -0.3 is 9.84 Å². The Balaban J connectivity index is 1.80. The molecule has 7 heteroatoms. The summed E-state index contributed by atoms with van der Waals surface area (Å²) in [6, 6.07) is 12.6. The Labute approximate surface area is 166 Å². The molecule has 0 atom stereocenters.